The molecule has 12 rings (SSSR count). The second-order valence-electron chi connectivity index (χ2n) is 20.6. The van der Waals surface area contributed by atoms with E-state index in [1.807, 2.05) is 60.7 Å². The van der Waals surface area contributed by atoms with Gasteiger partial charge in [-0.05, 0) is 111 Å². The van der Waals surface area contributed by atoms with Crippen molar-refractivity contribution in [3.63, 3.8) is 0 Å². The SMILES string of the molecule is CC(C)(C)c1ccc2c(c1)c1cc(C(C)(C)C)ccc1n2-c1cccc(-c2ccc3c4ccccc4n(-c4cccc(-c5cccc(-c6nc(-c7ccccc7)nc(-c7ccccc7)n6)c5)c4)c3c2)c1. The van der Waals surface area contributed by atoms with Gasteiger partial charge >= 0.3 is 0 Å². The number of para-hydroxylation sites is 1. The third-order valence-corrected chi connectivity index (χ3v) is 13.9. The van der Waals surface area contributed by atoms with Crippen molar-refractivity contribution in [2.45, 2.75) is 52.4 Å². The number of fused-ring (bicyclic) bond motifs is 6. The van der Waals surface area contributed by atoms with Crippen molar-refractivity contribution in [1.82, 2.24) is 24.1 Å². The summed E-state index contributed by atoms with van der Waals surface area (Å²) >= 11 is 0. The van der Waals surface area contributed by atoms with Crippen molar-refractivity contribution in [1.29, 1.82) is 0 Å². The summed E-state index contributed by atoms with van der Waals surface area (Å²) < 4.78 is 4.87. The first-order valence-electron chi connectivity index (χ1n) is 24.3. The Hall–Kier alpha value is -8.41. The summed E-state index contributed by atoms with van der Waals surface area (Å²) in [5.74, 6) is 1.92. The molecule has 0 aliphatic heterocycles. The molecular weight excluding hydrogens is 851 g/mol. The zero-order chi connectivity index (χ0) is 47.7. The molecular formula is C65H53N5. The number of rotatable bonds is 7. The predicted octanol–water partition coefficient (Wildman–Crippen LogP) is 17.0. The van der Waals surface area contributed by atoms with Gasteiger partial charge in [-0.1, -0.05) is 187 Å². The van der Waals surface area contributed by atoms with Gasteiger partial charge in [0, 0.05) is 49.6 Å². The van der Waals surface area contributed by atoms with Crippen LogP contribution in [-0.4, -0.2) is 24.1 Å². The minimum atomic E-state index is 0.0367. The lowest BCUT2D eigenvalue weighted by Crippen LogP contribution is -2.10. The maximum absolute atomic E-state index is 5.03. The molecule has 70 heavy (non-hydrogen) atoms. The Bertz CT molecular complexity index is 3830. The van der Waals surface area contributed by atoms with Crippen LogP contribution < -0.4 is 0 Å². The zero-order valence-corrected chi connectivity index (χ0v) is 40.4. The van der Waals surface area contributed by atoms with Crippen LogP contribution in [0.4, 0.5) is 0 Å². The molecule has 12 aromatic rings. The largest absolute Gasteiger partial charge is 0.309 e. The number of hydrogen-bond acceptors (Lipinski definition) is 3. The van der Waals surface area contributed by atoms with E-state index >= 15 is 0 Å². The predicted molar refractivity (Wildman–Crippen MR) is 293 cm³/mol. The average Bonchev–Trinajstić information content (AvgIpc) is 3.90. The summed E-state index contributed by atoms with van der Waals surface area (Å²) in [7, 11) is 0. The molecule has 338 valence electrons. The fraction of sp³-hybridized carbons (Fsp3) is 0.123. The van der Waals surface area contributed by atoms with Crippen LogP contribution in [0.1, 0.15) is 52.7 Å². The molecule has 0 bridgehead atoms. The minimum absolute atomic E-state index is 0.0367. The lowest BCUT2D eigenvalue weighted by molar-refractivity contribution is 0.590. The molecule has 0 saturated heterocycles. The highest BCUT2D eigenvalue weighted by Crippen LogP contribution is 2.40. The molecule has 0 spiro atoms. The smallest absolute Gasteiger partial charge is 0.164 e. The molecule has 3 aromatic heterocycles. The van der Waals surface area contributed by atoms with E-state index in [1.165, 1.54) is 49.3 Å². The van der Waals surface area contributed by atoms with Gasteiger partial charge in [0.15, 0.2) is 17.5 Å². The number of nitrogens with zero attached hydrogens (tertiary/aromatic N) is 5. The van der Waals surface area contributed by atoms with E-state index in [1.54, 1.807) is 0 Å². The van der Waals surface area contributed by atoms with Crippen LogP contribution >= 0.6 is 0 Å². The van der Waals surface area contributed by atoms with Crippen molar-refractivity contribution in [3.05, 3.63) is 223 Å². The second kappa shape index (κ2) is 16.7. The molecule has 0 unspecified atom stereocenters. The Balaban J connectivity index is 0.957. The van der Waals surface area contributed by atoms with Crippen LogP contribution in [-0.2, 0) is 10.8 Å². The summed E-state index contributed by atoms with van der Waals surface area (Å²) in [5, 5.41) is 5.02. The van der Waals surface area contributed by atoms with Crippen molar-refractivity contribution < 1.29 is 0 Å². The van der Waals surface area contributed by atoms with Gasteiger partial charge in [-0.3, -0.25) is 0 Å². The zero-order valence-electron chi connectivity index (χ0n) is 40.4. The van der Waals surface area contributed by atoms with Gasteiger partial charge in [0.1, 0.15) is 0 Å². The highest BCUT2D eigenvalue weighted by atomic mass is 15.0. The maximum atomic E-state index is 5.03. The fourth-order valence-corrected chi connectivity index (χ4v) is 10.1. The lowest BCUT2D eigenvalue weighted by atomic mass is 9.85. The standard InChI is InChI=1S/C65H53N5/c1-64(2,3)49-31-34-58-55(40-49)56-41-50(65(4,5)6)32-35-59(56)69(58)51-26-17-24-46(38-51)47-30-33-54-53-28-13-14-29-57(53)70(60(54)39-47)52-27-16-23-45(37-52)44-22-15-25-48(36-44)63-67-61(42-18-9-7-10-19-42)66-62(68-63)43-20-11-8-12-21-43/h7-41H,1-6H3. The molecule has 5 heteroatoms. The van der Waals surface area contributed by atoms with E-state index < -0.39 is 0 Å². The second-order valence-corrected chi connectivity index (χ2v) is 20.6. The Morgan fingerprint density at radius 1 is 0.271 bits per heavy atom. The summed E-state index contributed by atoms with van der Waals surface area (Å²) in [6, 6.07) is 76.5. The van der Waals surface area contributed by atoms with Gasteiger partial charge in [0.05, 0.1) is 22.1 Å². The van der Waals surface area contributed by atoms with E-state index in [9.17, 15) is 0 Å². The van der Waals surface area contributed by atoms with Crippen LogP contribution in [0.2, 0.25) is 0 Å². The van der Waals surface area contributed by atoms with Gasteiger partial charge in [-0.25, -0.2) is 15.0 Å². The fourth-order valence-electron chi connectivity index (χ4n) is 10.1. The number of hydrogen-bond donors (Lipinski definition) is 0. The molecule has 5 nitrogen and oxygen atoms in total. The van der Waals surface area contributed by atoms with Crippen LogP contribution in [0.5, 0.6) is 0 Å². The maximum Gasteiger partial charge on any atom is 0.164 e. The van der Waals surface area contributed by atoms with Crippen molar-refractivity contribution in [2.75, 3.05) is 0 Å². The molecule has 0 amide bonds. The topological polar surface area (TPSA) is 48.5 Å². The van der Waals surface area contributed by atoms with E-state index in [4.69, 9.17) is 15.0 Å². The van der Waals surface area contributed by atoms with Gasteiger partial charge in [0.2, 0.25) is 0 Å². The van der Waals surface area contributed by atoms with Gasteiger partial charge in [0.25, 0.3) is 0 Å². The molecule has 0 aliphatic rings. The third kappa shape index (κ3) is 7.64. The molecule has 0 N–H and O–H groups in total. The first kappa shape index (κ1) is 42.9. The Labute approximate surface area is 409 Å². The van der Waals surface area contributed by atoms with Crippen LogP contribution in [0.3, 0.4) is 0 Å². The summed E-state index contributed by atoms with van der Waals surface area (Å²) in [6.07, 6.45) is 0. The van der Waals surface area contributed by atoms with Crippen molar-refractivity contribution in [3.8, 4) is 67.8 Å². The minimum Gasteiger partial charge on any atom is -0.309 e. The van der Waals surface area contributed by atoms with E-state index in [0.29, 0.717) is 17.5 Å². The number of aromatic nitrogens is 5. The highest BCUT2D eigenvalue weighted by Gasteiger charge is 2.22. The summed E-state index contributed by atoms with van der Waals surface area (Å²) in [4.78, 5) is 15.0. The third-order valence-electron chi connectivity index (χ3n) is 13.9. The Kier molecular flexibility index (Phi) is 10.2. The van der Waals surface area contributed by atoms with Crippen molar-refractivity contribution >= 4 is 43.6 Å². The molecule has 0 atom stereocenters. The monoisotopic (exact) mass is 903 g/mol. The Morgan fingerprint density at radius 3 is 1.21 bits per heavy atom. The average molecular weight is 904 g/mol. The van der Waals surface area contributed by atoms with E-state index in [-0.39, 0.29) is 10.8 Å². The highest BCUT2D eigenvalue weighted by molar-refractivity contribution is 6.11. The first-order valence-corrected chi connectivity index (χ1v) is 24.3. The van der Waals surface area contributed by atoms with Crippen LogP contribution in [0.15, 0.2) is 212 Å². The first-order chi connectivity index (χ1) is 33.9. The van der Waals surface area contributed by atoms with Crippen LogP contribution in [0, 0.1) is 0 Å². The number of benzene rings is 9. The molecule has 0 fully saturated rings. The normalized spacial score (nSPS) is 12.1. The van der Waals surface area contributed by atoms with Crippen LogP contribution in [0.25, 0.3) is 111 Å². The molecule has 3 heterocycles. The quantitative estimate of drug-likeness (QED) is 0.160. The molecule has 0 saturated carbocycles. The Morgan fingerprint density at radius 2 is 0.671 bits per heavy atom. The lowest BCUT2D eigenvalue weighted by Gasteiger charge is -2.19. The van der Waals surface area contributed by atoms with Gasteiger partial charge in [-0.2, -0.15) is 0 Å². The molecule has 9 aromatic carbocycles. The summed E-state index contributed by atoms with van der Waals surface area (Å²) in [5.41, 5.74) is 17.1. The molecule has 0 radical (unpaired) electrons. The van der Waals surface area contributed by atoms with Gasteiger partial charge in [-0.15, -0.1) is 0 Å². The van der Waals surface area contributed by atoms with E-state index in [0.717, 1.165) is 55.8 Å². The van der Waals surface area contributed by atoms with Crippen molar-refractivity contribution in [2.24, 2.45) is 0 Å². The van der Waals surface area contributed by atoms with Gasteiger partial charge < -0.3 is 9.13 Å². The van der Waals surface area contributed by atoms with E-state index in [2.05, 4.69) is 202 Å². The summed E-state index contributed by atoms with van der Waals surface area (Å²) in [6.45, 7) is 13.8. The molecule has 0 aliphatic carbocycles.